The predicted molar refractivity (Wildman–Crippen MR) is 120 cm³/mol. The Balaban J connectivity index is 1.44. The molecule has 4 rings (SSSR count). The summed E-state index contributed by atoms with van der Waals surface area (Å²) in [7, 11) is 0. The van der Waals surface area contributed by atoms with Crippen LogP contribution in [0.15, 0.2) is 60.7 Å². The van der Waals surface area contributed by atoms with Gasteiger partial charge in [0.15, 0.2) is 0 Å². The van der Waals surface area contributed by atoms with Crippen LogP contribution in [0.25, 0.3) is 0 Å². The first kappa shape index (κ1) is 21.0. The Hall–Kier alpha value is -3.28. The van der Waals surface area contributed by atoms with Gasteiger partial charge in [0, 0.05) is 11.4 Å². The number of benzene rings is 2. The average molecular weight is 421 g/mol. The van der Waals surface area contributed by atoms with Crippen LogP contribution in [0.1, 0.15) is 20.3 Å². The third-order valence-corrected chi connectivity index (χ3v) is 5.93. The van der Waals surface area contributed by atoms with Crippen LogP contribution < -0.4 is 20.1 Å². The standard InChI is InChI=1S/C25H28N2O4/c1-3-30-20-11-7-18(8-12-20)26-24(28)22-16-5-6-17(15-16)23(22)25(29)27-19-9-13-21(14-10-19)31-4-2/h5-14,16-17,22-23H,3-4,15H2,1-2H3,(H,26,28)(H,27,29)/t16-,17+,22+,23-. The Kier molecular flexibility index (Phi) is 6.26. The number of fused-ring (bicyclic) bond motifs is 2. The number of allylic oxidation sites excluding steroid dienone is 2. The molecule has 2 aliphatic rings. The van der Waals surface area contributed by atoms with E-state index < -0.39 is 0 Å². The van der Waals surface area contributed by atoms with E-state index in [2.05, 4.69) is 22.8 Å². The largest absolute Gasteiger partial charge is 0.494 e. The number of carbonyl (C=O) groups excluding carboxylic acids is 2. The van der Waals surface area contributed by atoms with Gasteiger partial charge in [-0.15, -0.1) is 0 Å². The Morgan fingerprint density at radius 1 is 0.742 bits per heavy atom. The molecule has 2 N–H and O–H groups in total. The molecule has 0 saturated heterocycles. The van der Waals surface area contributed by atoms with E-state index >= 15 is 0 Å². The molecule has 2 amide bonds. The van der Waals surface area contributed by atoms with Crippen molar-refractivity contribution in [1.29, 1.82) is 0 Å². The van der Waals surface area contributed by atoms with Crippen molar-refractivity contribution in [2.45, 2.75) is 20.3 Å². The Morgan fingerprint density at radius 3 is 1.48 bits per heavy atom. The molecule has 2 bridgehead atoms. The average Bonchev–Trinajstić information content (AvgIpc) is 3.39. The summed E-state index contributed by atoms with van der Waals surface area (Å²) in [6.45, 7) is 5.04. The Morgan fingerprint density at radius 2 is 1.13 bits per heavy atom. The fourth-order valence-electron chi connectivity index (χ4n) is 4.59. The third kappa shape index (κ3) is 4.58. The van der Waals surface area contributed by atoms with Gasteiger partial charge in [0.2, 0.25) is 11.8 Å². The maximum Gasteiger partial charge on any atom is 0.228 e. The highest BCUT2D eigenvalue weighted by atomic mass is 16.5. The maximum atomic E-state index is 13.1. The van der Waals surface area contributed by atoms with Crippen molar-refractivity contribution in [3.05, 3.63) is 60.7 Å². The molecule has 162 valence electrons. The van der Waals surface area contributed by atoms with Crippen LogP contribution in [0.5, 0.6) is 11.5 Å². The second kappa shape index (κ2) is 9.25. The van der Waals surface area contributed by atoms with Crippen LogP contribution in [-0.2, 0) is 9.59 Å². The molecule has 0 aromatic heterocycles. The molecule has 2 aromatic carbocycles. The molecule has 0 heterocycles. The summed E-state index contributed by atoms with van der Waals surface area (Å²) >= 11 is 0. The van der Waals surface area contributed by atoms with Gasteiger partial charge in [-0.2, -0.15) is 0 Å². The zero-order valence-corrected chi connectivity index (χ0v) is 17.8. The minimum atomic E-state index is -0.385. The second-order valence-corrected chi connectivity index (χ2v) is 7.89. The van der Waals surface area contributed by atoms with E-state index in [9.17, 15) is 9.59 Å². The number of hydrogen-bond acceptors (Lipinski definition) is 4. The van der Waals surface area contributed by atoms with Crippen molar-refractivity contribution in [1.82, 2.24) is 0 Å². The Bertz CT molecular complexity index is 875. The van der Waals surface area contributed by atoms with Gasteiger partial charge in [0.1, 0.15) is 11.5 Å². The van der Waals surface area contributed by atoms with Crippen LogP contribution >= 0.6 is 0 Å². The number of carbonyl (C=O) groups is 2. The summed E-state index contributed by atoms with van der Waals surface area (Å²) in [5.74, 6) is 0.689. The van der Waals surface area contributed by atoms with Crippen LogP contribution in [0.2, 0.25) is 0 Å². The SMILES string of the molecule is CCOc1ccc(NC(=O)[C@@H]2[C@H](C(=O)Nc3ccc(OCC)cc3)[C@H]3C=C[C@@H]2C3)cc1. The quantitative estimate of drug-likeness (QED) is 0.617. The van der Waals surface area contributed by atoms with Gasteiger partial charge in [0.25, 0.3) is 0 Å². The van der Waals surface area contributed by atoms with Gasteiger partial charge in [-0.05, 0) is 80.6 Å². The van der Waals surface area contributed by atoms with E-state index in [1.165, 1.54) is 0 Å². The zero-order valence-electron chi connectivity index (χ0n) is 17.8. The van der Waals surface area contributed by atoms with E-state index in [-0.39, 0.29) is 35.5 Å². The highest BCUT2D eigenvalue weighted by Gasteiger charge is 2.51. The summed E-state index contributed by atoms with van der Waals surface area (Å²) in [5.41, 5.74) is 1.40. The molecular formula is C25H28N2O4. The van der Waals surface area contributed by atoms with E-state index in [0.29, 0.717) is 24.6 Å². The molecule has 0 spiro atoms. The number of nitrogens with one attached hydrogen (secondary N) is 2. The van der Waals surface area contributed by atoms with Crippen molar-refractivity contribution in [3.8, 4) is 11.5 Å². The molecular weight excluding hydrogens is 392 g/mol. The lowest BCUT2D eigenvalue weighted by molar-refractivity contribution is -0.129. The van der Waals surface area contributed by atoms with Crippen molar-refractivity contribution < 1.29 is 19.1 Å². The van der Waals surface area contributed by atoms with Crippen molar-refractivity contribution in [2.24, 2.45) is 23.7 Å². The van der Waals surface area contributed by atoms with Crippen LogP contribution in [-0.4, -0.2) is 25.0 Å². The second-order valence-electron chi connectivity index (χ2n) is 7.89. The molecule has 0 unspecified atom stereocenters. The number of anilines is 2. The minimum absolute atomic E-state index is 0.0868. The topological polar surface area (TPSA) is 76.7 Å². The zero-order chi connectivity index (χ0) is 21.8. The number of ether oxygens (including phenoxy) is 2. The molecule has 6 heteroatoms. The predicted octanol–water partition coefficient (Wildman–Crippen LogP) is 4.50. The molecule has 1 fully saturated rings. The first-order valence-electron chi connectivity index (χ1n) is 10.8. The number of hydrogen-bond donors (Lipinski definition) is 2. The Labute approximate surface area is 182 Å². The van der Waals surface area contributed by atoms with Gasteiger partial charge < -0.3 is 20.1 Å². The molecule has 2 aromatic rings. The van der Waals surface area contributed by atoms with Gasteiger partial charge in [-0.3, -0.25) is 9.59 Å². The van der Waals surface area contributed by atoms with Gasteiger partial charge in [-0.1, -0.05) is 12.2 Å². The summed E-state index contributed by atoms with van der Waals surface area (Å²) in [6, 6.07) is 14.6. The van der Waals surface area contributed by atoms with Crippen molar-refractivity contribution >= 4 is 23.2 Å². The minimum Gasteiger partial charge on any atom is -0.494 e. The fourth-order valence-corrected chi connectivity index (χ4v) is 4.59. The van der Waals surface area contributed by atoms with E-state index in [1.54, 1.807) is 0 Å². The normalized spacial score (nSPS) is 23.4. The molecule has 0 aliphatic heterocycles. The van der Waals surface area contributed by atoms with Gasteiger partial charge in [-0.25, -0.2) is 0 Å². The van der Waals surface area contributed by atoms with Crippen LogP contribution in [0.4, 0.5) is 11.4 Å². The summed E-state index contributed by atoms with van der Waals surface area (Å²) < 4.78 is 10.9. The van der Waals surface area contributed by atoms with Crippen LogP contribution in [0.3, 0.4) is 0 Å². The highest BCUT2D eigenvalue weighted by Crippen LogP contribution is 2.48. The number of rotatable bonds is 8. The first-order chi connectivity index (χ1) is 15.1. The smallest absolute Gasteiger partial charge is 0.228 e. The van der Waals surface area contributed by atoms with Crippen LogP contribution in [0, 0.1) is 23.7 Å². The first-order valence-corrected chi connectivity index (χ1v) is 10.8. The molecule has 4 atom stereocenters. The van der Waals surface area contributed by atoms with E-state index in [0.717, 1.165) is 17.9 Å². The third-order valence-electron chi connectivity index (χ3n) is 5.93. The van der Waals surface area contributed by atoms with Gasteiger partial charge in [0.05, 0.1) is 25.0 Å². The molecule has 2 aliphatic carbocycles. The molecule has 1 saturated carbocycles. The monoisotopic (exact) mass is 420 g/mol. The van der Waals surface area contributed by atoms with Crippen molar-refractivity contribution in [2.75, 3.05) is 23.8 Å². The van der Waals surface area contributed by atoms with E-state index in [1.807, 2.05) is 62.4 Å². The molecule has 31 heavy (non-hydrogen) atoms. The number of amides is 2. The lowest BCUT2D eigenvalue weighted by atomic mass is 9.81. The maximum absolute atomic E-state index is 13.1. The fraction of sp³-hybridized carbons (Fsp3) is 0.360. The lowest BCUT2D eigenvalue weighted by Gasteiger charge is -2.26. The summed E-state index contributed by atoms with van der Waals surface area (Å²) in [6.07, 6.45) is 4.99. The summed E-state index contributed by atoms with van der Waals surface area (Å²) in [5, 5.41) is 5.97. The van der Waals surface area contributed by atoms with Gasteiger partial charge >= 0.3 is 0 Å². The van der Waals surface area contributed by atoms with E-state index in [4.69, 9.17) is 9.47 Å². The molecule has 0 radical (unpaired) electrons. The summed E-state index contributed by atoms with van der Waals surface area (Å²) in [4.78, 5) is 26.3. The lowest BCUT2D eigenvalue weighted by Crippen LogP contribution is -2.39. The molecule has 6 nitrogen and oxygen atoms in total. The van der Waals surface area contributed by atoms with Crippen molar-refractivity contribution in [3.63, 3.8) is 0 Å². The highest BCUT2D eigenvalue weighted by molar-refractivity contribution is 6.01.